The summed E-state index contributed by atoms with van der Waals surface area (Å²) in [5.41, 5.74) is 0. The fourth-order valence-electron chi connectivity index (χ4n) is 2.95. The van der Waals surface area contributed by atoms with Crippen molar-refractivity contribution in [3.63, 3.8) is 0 Å². The Kier molecular flexibility index (Phi) is 20.5. The van der Waals surface area contributed by atoms with Crippen molar-refractivity contribution >= 4 is 10.1 Å². The van der Waals surface area contributed by atoms with Crippen LogP contribution in [0.2, 0.25) is 0 Å². The van der Waals surface area contributed by atoms with Gasteiger partial charge in [-0.3, -0.25) is 0 Å². The van der Waals surface area contributed by atoms with E-state index < -0.39 is 15.4 Å². The van der Waals surface area contributed by atoms with Crippen LogP contribution in [0.15, 0.2) is 0 Å². The maximum atomic E-state index is 10.8. The molecule has 0 saturated carbocycles. The number of rotatable bonds is 17. The summed E-state index contributed by atoms with van der Waals surface area (Å²) in [4.78, 5) is 0. The molecule has 0 aliphatic rings. The van der Waals surface area contributed by atoms with Crippen LogP contribution in [0.25, 0.3) is 0 Å². The van der Waals surface area contributed by atoms with Crippen molar-refractivity contribution in [3.8, 4) is 0 Å². The van der Waals surface area contributed by atoms with Gasteiger partial charge in [-0.2, -0.15) is 0 Å². The van der Waals surface area contributed by atoms with Crippen molar-refractivity contribution in [3.05, 3.63) is 0 Å². The molecular weight excluding hydrogens is 347 g/mol. The summed E-state index contributed by atoms with van der Waals surface area (Å²) >= 11 is 0. The number of aliphatic hydroxyl groups is 1. The van der Waals surface area contributed by atoms with E-state index in [-0.39, 0.29) is 35.7 Å². The zero-order valence-electron chi connectivity index (χ0n) is 16.8. The standard InChI is InChI=1S/C19H40O4S.Na/c1-3-4-16-19(20)17-14-12-10-8-6-5-7-9-11-13-15-18(2)24(21,22)23;/h18-20H,3-17H2,1-2H3,(H,21,22,23);/q;+1/p-1. The van der Waals surface area contributed by atoms with Gasteiger partial charge in [-0.05, 0) is 26.2 Å². The molecule has 0 spiro atoms. The van der Waals surface area contributed by atoms with Crippen LogP contribution in [0.3, 0.4) is 0 Å². The van der Waals surface area contributed by atoms with Gasteiger partial charge in [0.1, 0.15) is 0 Å². The van der Waals surface area contributed by atoms with Crippen LogP contribution in [0.5, 0.6) is 0 Å². The minimum absolute atomic E-state index is 0. The predicted molar refractivity (Wildman–Crippen MR) is 100 cm³/mol. The Balaban J connectivity index is 0. The maximum absolute atomic E-state index is 10.8. The quantitative estimate of drug-likeness (QED) is 0.236. The number of hydrogen-bond donors (Lipinski definition) is 1. The second-order valence-electron chi connectivity index (χ2n) is 7.21. The number of hydrogen-bond acceptors (Lipinski definition) is 4. The first-order valence-electron chi connectivity index (χ1n) is 10.0. The van der Waals surface area contributed by atoms with Crippen molar-refractivity contribution < 1.29 is 47.6 Å². The van der Waals surface area contributed by atoms with Gasteiger partial charge < -0.3 is 9.66 Å². The molecule has 25 heavy (non-hydrogen) atoms. The minimum atomic E-state index is -4.09. The monoisotopic (exact) mass is 386 g/mol. The average molecular weight is 387 g/mol. The average Bonchev–Trinajstić information content (AvgIpc) is 2.52. The summed E-state index contributed by atoms with van der Waals surface area (Å²) in [6.45, 7) is 3.66. The summed E-state index contributed by atoms with van der Waals surface area (Å²) < 4.78 is 32.3. The van der Waals surface area contributed by atoms with E-state index in [0.29, 0.717) is 6.42 Å². The largest absolute Gasteiger partial charge is 1.00 e. The van der Waals surface area contributed by atoms with E-state index in [1.54, 1.807) is 0 Å². The molecule has 146 valence electrons. The molecule has 0 aliphatic heterocycles. The molecule has 0 radical (unpaired) electrons. The molecule has 0 aliphatic carbocycles. The maximum Gasteiger partial charge on any atom is 1.00 e. The van der Waals surface area contributed by atoms with Crippen molar-refractivity contribution in [2.24, 2.45) is 0 Å². The molecular formula is C19H39NaO4S. The molecule has 2 atom stereocenters. The molecule has 0 rings (SSSR count). The molecule has 0 saturated heterocycles. The van der Waals surface area contributed by atoms with E-state index in [4.69, 9.17) is 0 Å². The molecule has 0 aromatic rings. The van der Waals surface area contributed by atoms with Gasteiger partial charge >= 0.3 is 29.6 Å². The van der Waals surface area contributed by atoms with Crippen LogP contribution in [0, 0.1) is 0 Å². The smallest absolute Gasteiger partial charge is 0.748 e. The second-order valence-corrected chi connectivity index (χ2v) is 9.00. The van der Waals surface area contributed by atoms with Crippen LogP contribution in [-0.4, -0.2) is 29.4 Å². The third-order valence-electron chi connectivity index (χ3n) is 4.78. The van der Waals surface area contributed by atoms with Crippen LogP contribution in [0.4, 0.5) is 0 Å². The van der Waals surface area contributed by atoms with Gasteiger partial charge in [-0.15, -0.1) is 0 Å². The minimum Gasteiger partial charge on any atom is -0.748 e. The normalized spacial score (nSPS) is 14.1. The Morgan fingerprint density at radius 3 is 1.52 bits per heavy atom. The fraction of sp³-hybridized carbons (Fsp3) is 1.00. The Morgan fingerprint density at radius 2 is 1.12 bits per heavy atom. The van der Waals surface area contributed by atoms with Crippen molar-refractivity contribution in [1.29, 1.82) is 0 Å². The van der Waals surface area contributed by atoms with Gasteiger partial charge in [-0.1, -0.05) is 84.0 Å². The molecule has 6 heteroatoms. The molecule has 0 amide bonds. The molecule has 0 fully saturated rings. The van der Waals surface area contributed by atoms with Crippen molar-refractivity contribution in [1.82, 2.24) is 0 Å². The van der Waals surface area contributed by atoms with E-state index in [9.17, 15) is 18.1 Å². The van der Waals surface area contributed by atoms with Gasteiger partial charge in [0.2, 0.25) is 0 Å². The van der Waals surface area contributed by atoms with Gasteiger partial charge in [0.05, 0.1) is 16.2 Å². The van der Waals surface area contributed by atoms with Crippen LogP contribution in [0.1, 0.15) is 110 Å². The zero-order valence-corrected chi connectivity index (χ0v) is 19.7. The first-order valence-corrected chi connectivity index (χ1v) is 11.5. The third-order valence-corrected chi connectivity index (χ3v) is 6.00. The summed E-state index contributed by atoms with van der Waals surface area (Å²) in [5.74, 6) is 0. The van der Waals surface area contributed by atoms with Gasteiger partial charge in [0.25, 0.3) is 0 Å². The Bertz CT molecular complexity index is 374. The van der Waals surface area contributed by atoms with E-state index in [1.807, 2.05) is 0 Å². The topological polar surface area (TPSA) is 77.4 Å². The van der Waals surface area contributed by atoms with Gasteiger partial charge in [-0.25, -0.2) is 8.42 Å². The molecule has 0 aromatic carbocycles. The van der Waals surface area contributed by atoms with E-state index in [1.165, 1.54) is 45.4 Å². The molecule has 4 nitrogen and oxygen atoms in total. The molecule has 0 bridgehead atoms. The van der Waals surface area contributed by atoms with Crippen LogP contribution < -0.4 is 29.6 Å². The summed E-state index contributed by atoms with van der Waals surface area (Å²) in [6.07, 6.45) is 16.2. The number of unbranched alkanes of at least 4 members (excludes halogenated alkanes) is 10. The molecule has 0 heterocycles. The Hall–Kier alpha value is 0.870. The Labute approximate surface area is 178 Å². The first-order chi connectivity index (χ1) is 11.4. The molecule has 2 unspecified atom stereocenters. The SMILES string of the molecule is CCCCC(O)CCCCCCCCCCCCC(C)S(=O)(=O)[O-].[Na+]. The Morgan fingerprint density at radius 1 is 0.760 bits per heavy atom. The van der Waals surface area contributed by atoms with E-state index >= 15 is 0 Å². The second kappa shape index (κ2) is 18.2. The third kappa shape index (κ3) is 19.4. The van der Waals surface area contributed by atoms with Crippen molar-refractivity contribution in [2.45, 2.75) is 122 Å². The summed E-state index contributed by atoms with van der Waals surface area (Å²) in [7, 11) is -4.09. The van der Waals surface area contributed by atoms with Crippen LogP contribution in [-0.2, 0) is 10.1 Å². The number of aliphatic hydroxyl groups excluding tert-OH is 1. The first kappa shape index (κ1) is 28.1. The van der Waals surface area contributed by atoms with Gasteiger partial charge in [0.15, 0.2) is 0 Å². The van der Waals surface area contributed by atoms with Crippen LogP contribution >= 0.6 is 0 Å². The molecule has 0 aromatic heterocycles. The summed E-state index contributed by atoms with van der Waals surface area (Å²) in [5, 5.41) is 9.01. The zero-order chi connectivity index (χ0) is 18.3. The fourth-order valence-corrected chi connectivity index (χ4v) is 3.41. The van der Waals surface area contributed by atoms with Gasteiger partial charge in [0, 0.05) is 5.25 Å². The van der Waals surface area contributed by atoms with E-state index in [2.05, 4.69) is 6.92 Å². The molecule has 1 N–H and O–H groups in total. The summed E-state index contributed by atoms with van der Waals surface area (Å²) in [6, 6.07) is 0. The predicted octanol–water partition coefficient (Wildman–Crippen LogP) is 2.16. The van der Waals surface area contributed by atoms with E-state index in [0.717, 1.165) is 51.4 Å². The van der Waals surface area contributed by atoms with Crippen molar-refractivity contribution in [2.75, 3.05) is 0 Å².